The Labute approximate surface area is 57.7 Å². The number of hydrogen-bond donors (Lipinski definition) is 0. The molecule has 0 amide bonds. The van der Waals surface area contributed by atoms with Crippen LogP contribution in [0.1, 0.15) is 6.42 Å². The van der Waals surface area contributed by atoms with Crippen molar-refractivity contribution in [3.05, 3.63) is 0 Å². The minimum absolute atomic E-state index is 0.0255. The zero-order valence-corrected chi connectivity index (χ0v) is 9.31. The Hall–Kier alpha value is 0.335. The van der Waals surface area contributed by atoms with E-state index < -0.39 is 12.6 Å². The molecular formula is C3H4FHgO2. The van der Waals surface area contributed by atoms with E-state index in [0.29, 0.717) is 0 Å². The fourth-order valence-corrected chi connectivity index (χ4v) is 0.710. The van der Waals surface area contributed by atoms with E-state index in [1.807, 2.05) is 0 Å². The number of rotatable bonds is 2. The van der Waals surface area contributed by atoms with Crippen LogP contribution in [0.15, 0.2) is 0 Å². The molecular weight excluding hydrogens is 288 g/mol. The van der Waals surface area contributed by atoms with Crippen LogP contribution in [-0.4, -0.2) is 12.6 Å². The second kappa shape index (κ2) is 4.49. The Morgan fingerprint density at radius 3 is 2.57 bits per heavy atom. The SMILES string of the molecule is O=C(CCF)[O][Hg]. The van der Waals surface area contributed by atoms with Crippen molar-refractivity contribution in [3.63, 3.8) is 0 Å². The van der Waals surface area contributed by atoms with Crippen LogP contribution in [-0.2, 0) is 34.0 Å². The molecule has 0 N–H and O–H groups in total. The first kappa shape index (κ1) is 7.34. The Kier molecular flexibility index (Phi) is 4.71. The van der Waals surface area contributed by atoms with Gasteiger partial charge in [-0.3, -0.25) is 0 Å². The molecule has 0 aliphatic heterocycles. The van der Waals surface area contributed by atoms with Gasteiger partial charge in [0.1, 0.15) is 0 Å². The van der Waals surface area contributed by atoms with Crippen LogP contribution in [0, 0.1) is 0 Å². The van der Waals surface area contributed by atoms with Gasteiger partial charge in [0.2, 0.25) is 0 Å². The van der Waals surface area contributed by atoms with Gasteiger partial charge in [0.05, 0.1) is 0 Å². The summed E-state index contributed by atoms with van der Waals surface area (Å²) in [5.41, 5.74) is 0. The summed E-state index contributed by atoms with van der Waals surface area (Å²) in [5.74, 6) is -0.411. The Bertz CT molecular complexity index is 66.0. The first-order chi connectivity index (χ1) is 3.31. The number of alkyl halides is 1. The van der Waals surface area contributed by atoms with Crippen LogP contribution in [0.25, 0.3) is 0 Å². The molecule has 4 heteroatoms. The zero-order chi connectivity index (χ0) is 5.70. The monoisotopic (exact) mass is 293 g/mol. The van der Waals surface area contributed by atoms with E-state index in [0.717, 1.165) is 0 Å². The molecule has 0 aliphatic rings. The third-order valence-corrected chi connectivity index (χ3v) is 1.71. The normalized spacial score (nSPS) is 8.43. The van der Waals surface area contributed by atoms with Crippen molar-refractivity contribution in [3.8, 4) is 0 Å². The summed E-state index contributed by atoms with van der Waals surface area (Å²) in [5, 5.41) is 0. The van der Waals surface area contributed by atoms with Gasteiger partial charge in [-0.25, -0.2) is 0 Å². The molecule has 37 valence electrons. The summed E-state index contributed by atoms with van der Waals surface area (Å²) in [4.78, 5) is 10.00. The number of halogens is 1. The Balaban J connectivity index is 3.00. The molecule has 0 spiro atoms. The van der Waals surface area contributed by atoms with Crippen molar-refractivity contribution in [2.24, 2.45) is 0 Å². The van der Waals surface area contributed by atoms with E-state index in [-0.39, 0.29) is 33.0 Å². The third-order valence-electron chi connectivity index (χ3n) is 0.460. The van der Waals surface area contributed by atoms with Crippen LogP contribution in [0.5, 0.6) is 0 Å². The minimum atomic E-state index is -0.601. The van der Waals surface area contributed by atoms with Gasteiger partial charge >= 0.3 is 57.5 Å². The molecule has 0 unspecified atom stereocenters. The molecule has 0 aromatic heterocycles. The van der Waals surface area contributed by atoms with Crippen molar-refractivity contribution in [2.75, 3.05) is 6.67 Å². The van der Waals surface area contributed by atoms with Gasteiger partial charge in [-0.1, -0.05) is 0 Å². The maximum absolute atomic E-state index is 11.2. The van der Waals surface area contributed by atoms with Gasteiger partial charge in [-0.15, -0.1) is 0 Å². The van der Waals surface area contributed by atoms with Crippen LogP contribution >= 0.6 is 0 Å². The van der Waals surface area contributed by atoms with Gasteiger partial charge < -0.3 is 0 Å². The van der Waals surface area contributed by atoms with Crippen LogP contribution in [0.3, 0.4) is 0 Å². The number of hydrogen-bond acceptors (Lipinski definition) is 2. The fraction of sp³-hybridized carbons (Fsp3) is 0.667. The van der Waals surface area contributed by atoms with Crippen LogP contribution in [0.2, 0.25) is 0 Å². The molecule has 0 heterocycles. The van der Waals surface area contributed by atoms with E-state index >= 15 is 0 Å². The molecule has 0 aliphatic carbocycles. The van der Waals surface area contributed by atoms with Gasteiger partial charge in [-0.2, -0.15) is 0 Å². The third kappa shape index (κ3) is 4.18. The molecule has 7 heavy (non-hydrogen) atoms. The Morgan fingerprint density at radius 2 is 2.43 bits per heavy atom. The average molecular weight is 292 g/mol. The van der Waals surface area contributed by atoms with Crippen LogP contribution in [0.4, 0.5) is 4.39 Å². The predicted molar refractivity (Wildman–Crippen MR) is 16.7 cm³/mol. The summed E-state index contributed by atoms with van der Waals surface area (Å²) in [6, 6.07) is 0. The predicted octanol–water partition coefficient (Wildman–Crippen LogP) is 0.351. The topological polar surface area (TPSA) is 26.3 Å². The van der Waals surface area contributed by atoms with E-state index in [2.05, 4.69) is 2.64 Å². The van der Waals surface area contributed by atoms with Crippen molar-refractivity contribution >= 4 is 5.97 Å². The van der Waals surface area contributed by atoms with Crippen molar-refractivity contribution < 1.29 is 38.4 Å². The summed E-state index contributed by atoms with van der Waals surface area (Å²) < 4.78 is 15.5. The van der Waals surface area contributed by atoms with Crippen molar-refractivity contribution in [1.82, 2.24) is 0 Å². The summed E-state index contributed by atoms with van der Waals surface area (Å²) in [6.07, 6.45) is -0.0799. The first-order valence-electron chi connectivity index (χ1n) is 1.82. The molecule has 0 atom stereocenters. The van der Waals surface area contributed by atoms with Crippen molar-refractivity contribution in [1.29, 1.82) is 0 Å². The molecule has 0 saturated carbocycles. The quantitative estimate of drug-likeness (QED) is 0.687. The number of carbonyl (C=O) groups excluding carboxylic acids is 1. The second-order valence-electron chi connectivity index (χ2n) is 0.955. The fourth-order valence-electron chi connectivity index (χ4n) is 0.149. The van der Waals surface area contributed by atoms with E-state index in [9.17, 15) is 9.18 Å². The summed E-state index contributed by atoms with van der Waals surface area (Å²) >= 11 is 0.0255. The van der Waals surface area contributed by atoms with Crippen LogP contribution < -0.4 is 0 Å². The van der Waals surface area contributed by atoms with E-state index in [4.69, 9.17) is 0 Å². The molecule has 2 nitrogen and oxygen atoms in total. The van der Waals surface area contributed by atoms with Crippen molar-refractivity contribution in [2.45, 2.75) is 6.42 Å². The average Bonchev–Trinajstić information content (AvgIpc) is 1.68. The van der Waals surface area contributed by atoms with Gasteiger partial charge in [-0.05, 0) is 0 Å². The van der Waals surface area contributed by atoms with Gasteiger partial charge in [0.25, 0.3) is 0 Å². The maximum atomic E-state index is 11.2. The molecule has 0 radical (unpaired) electrons. The summed E-state index contributed by atoms with van der Waals surface area (Å²) in [6.45, 7) is -0.601. The van der Waals surface area contributed by atoms with E-state index in [1.54, 1.807) is 0 Å². The molecule has 0 saturated heterocycles. The first-order valence-corrected chi connectivity index (χ1v) is 4.06. The molecule has 0 rings (SSSR count). The second-order valence-corrected chi connectivity index (χ2v) is 2.08. The molecule has 0 bridgehead atoms. The standard InChI is InChI=1S/C3H5FO2.Hg/c4-2-1-3(5)6;/h1-2H2,(H,5,6);/q;+1/p-1. The molecule has 0 aromatic carbocycles. The molecule has 0 fully saturated rings. The summed E-state index contributed by atoms with van der Waals surface area (Å²) in [7, 11) is 0. The molecule has 0 aromatic rings. The zero-order valence-electron chi connectivity index (χ0n) is 3.82. The van der Waals surface area contributed by atoms with Gasteiger partial charge in [0, 0.05) is 0 Å². The van der Waals surface area contributed by atoms with E-state index in [1.165, 1.54) is 0 Å². The Morgan fingerprint density at radius 1 is 1.86 bits per heavy atom. The number of carbonyl (C=O) groups is 1. The van der Waals surface area contributed by atoms with Gasteiger partial charge in [0.15, 0.2) is 0 Å².